The summed E-state index contributed by atoms with van der Waals surface area (Å²) in [6.45, 7) is 17.6. The molecule has 2 saturated heterocycles. The van der Waals surface area contributed by atoms with Crippen molar-refractivity contribution in [2.24, 2.45) is 4.99 Å². The first-order valence-corrected chi connectivity index (χ1v) is 22.7. The van der Waals surface area contributed by atoms with Crippen molar-refractivity contribution in [1.29, 1.82) is 10.5 Å². The van der Waals surface area contributed by atoms with Crippen LogP contribution in [0.25, 0.3) is 0 Å². The Kier molecular flexibility index (Phi) is 23.4. The zero-order valence-electron chi connectivity index (χ0n) is 35.4. The number of hydrogen-bond acceptors (Lipinski definition) is 14. The number of Topliss-reactive ketones (excluding diaryl/α,β-unsaturated/α-hetero) is 1. The minimum atomic E-state index is -0.235. The molecule has 1 aromatic heterocycles. The molecule has 2 aliphatic rings. The number of piperazine rings is 2. The summed E-state index contributed by atoms with van der Waals surface area (Å²) >= 11 is 8.87. The van der Waals surface area contributed by atoms with Crippen molar-refractivity contribution in [2.75, 3.05) is 78.5 Å². The Morgan fingerprint density at radius 1 is 0.754 bits per heavy atom. The number of thiazole rings is 1. The van der Waals surface area contributed by atoms with Crippen molar-refractivity contribution in [2.45, 2.75) is 62.1 Å². The highest BCUT2D eigenvalue weighted by atomic mass is 79.9. The van der Waals surface area contributed by atoms with E-state index in [0.717, 1.165) is 63.7 Å². The highest BCUT2D eigenvalue weighted by Gasteiger charge is 2.21. The Labute approximate surface area is 404 Å². The van der Waals surface area contributed by atoms with Gasteiger partial charge in [0.2, 0.25) is 5.78 Å². The summed E-state index contributed by atoms with van der Waals surface area (Å²) in [6.07, 6.45) is 0. The van der Waals surface area contributed by atoms with E-state index in [4.69, 9.17) is 16.3 Å². The number of benzene rings is 4. The lowest BCUT2D eigenvalue weighted by Gasteiger charge is -2.38. The van der Waals surface area contributed by atoms with Gasteiger partial charge in [0, 0.05) is 92.6 Å². The molecule has 0 bridgehead atoms. The molecular weight excluding hydrogens is 917 g/mol. The molecule has 3 N–H and O–H groups in total. The molecule has 0 aliphatic carbocycles. The maximum Gasteiger partial charge on any atom is 0.206 e. The van der Waals surface area contributed by atoms with Crippen molar-refractivity contribution in [3.63, 3.8) is 0 Å². The number of nitrogen functional groups attached to an aromatic ring is 1. The zero-order chi connectivity index (χ0) is 44.6. The van der Waals surface area contributed by atoms with E-state index in [0.29, 0.717) is 49.7 Å². The molecule has 2 aliphatic heterocycles. The molecule has 3 heterocycles. The molecule has 0 radical (unpaired) electrons. The summed E-state index contributed by atoms with van der Waals surface area (Å²) in [5.41, 5.74) is 12.2. The van der Waals surface area contributed by atoms with E-state index in [1.165, 1.54) is 22.7 Å². The second-order valence-electron chi connectivity index (χ2n) is 15.1. The largest absolute Gasteiger partial charge is 0.382 e. The van der Waals surface area contributed by atoms with Gasteiger partial charge in [-0.15, -0.1) is 0 Å². The summed E-state index contributed by atoms with van der Waals surface area (Å²) in [4.78, 5) is 42.4. The number of rotatable bonds is 11. The number of nitrogens with zero attached hydrogens (tertiary/aromatic N) is 8. The third-order valence-electron chi connectivity index (χ3n) is 10.5. The molecule has 7 rings (SSSR count). The molecule has 0 amide bonds. The van der Waals surface area contributed by atoms with Crippen LogP contribution in [0.1, 0.15) is 86.7 Å². The van der Waals surface area contributed by atoms with Crippen LogP contribution in [0.3, 0.4) is 0 Å². The molecule has 65 heavy (non-hydrogen) atoms. The zero-order valence-corrected chi connectivity index (χ0v) is 38.6. The minimum absolute atomic E-state index is 0. The van der Waals surface area contributed by atoms with Gasteiger partial charge in [-0.05, 0) is 113 Å². The molecule has 0 unspecified atom stereocenters. The fourth-order valence-electron chi connectivity index (χ4n) is 6.91. The molecule has 0 atom stereocenters. The number of aromatic nitrogens is 1. The molecule has 15 heteroatoms. The second kappa shape index (κ2) is 27.5. The van der Waals surface area contributed by atoms with Gasteiger partial charge in [0.15, 0.2) is 10.9 Å². The number of nitrogens with one attached hydrogen (secondary N) is 1. The topological polar surface area (TPSA) is 158 Å². The predicted octanol–water partition coefficient (Wildman–Crippen LogP) is 11.1. The first kappa shape index (κ1) is 55.4. The van der Waals surface area contributed by atoms with Gasteiger partial charge in [-0.3, -0.25) is 19.4 Å². The Bertz CT molecular complexity index is 2400. The number of hydrogen-bond donors (Lipinski definition) is 2. The van der Waals surface area contributed by atoms with Crippen LogP contribution >= 0.6 is 39.5 Å². The number of alkyl halides is 1. The van der Waals surface area contributed by atoms with E-state index in [1.807, 2.05) is 36.4 Å². The van der Waals surface area contributed by atoms with Crippen LogP contribution in [0.5, 0.6) is 0 Å². The summed E-state index contributed by atoms with van der Waals surface area (Å²) in [5.74, 6) is -0.0577. The molecule has 5 aromatic rings. The van der Waals surface area contributed by atoms with Crippen molar-refractivity contribution >= 4 is 89.9 Å². The molecule has 4 aromatic carbocycles. The highest BCUT2D eigenvalue weighted by molar-refractivity contribution is 9.09. The van der Waals surface area contributed by atoms with E-state index >= 15 is 0 Å². The van der Waals surface area contributed by atoms with Crippen LogP contribution < -0.4 is 20.9 Å². The normalized spacial score (nSPS) is 13.4. The van der Waals surface area contributed by atoms with Gasteiger partial charge >= 0.3 is 0 Å². The minimum Gasteiger partial charge on any atom is -0.382 e. The summed E-state index contributed by atoms with van der Waals surface area (Å²) in [7, 11) is 0. The van der Waals surface area contributed by atoms with Gasteiger partial charge in [-0.1, -0.05) is 73.8 Å². The van der Waals surface area contributed by atoms with Crippen molar-refractivity contribution in [1.82, 2.24) is 14.8 Å². The average molecular weight is 980 g/mol. The fraction of sp³-hybridized carbons (Fsp3) is 0.360. The molecule has 0 spiro atoms. The second-order valence-corrected chi connectivity index (χ2v) is 16.9. The van der Waals surface area contributed by atoms with E-state index in [1.54, 1.807) is 48.5 Å². The van der Waals surface area contributed by atoms with Gasteiger partial charge in [0.25, 0.3) is 0 Å². The van der Waals surface area contributed by atoms with Crippen LogP contribution in [0, 0.1) is 22.7 Å². The SMILES string of the molecule is C.C.C.CC(C)N1CCN(c2ccc(N=C=S)cc2)CC1.CC(C)N1CCN(c2ccc(Nc3nc(N)c(C(=O)c4cccc(C#N)c4)s3)cc2)CC1.N#Cc1cccc(C(=O)CBr)c1. The van der Waals surface area contributed by atoms with Crippen molar-refractivity contribution in [3.05, 3.63) is 124 Å². The third kappa shape index (κ3) is 16.0. The maximum atomic E-state index is 12.8. The van der Waals surface area contributed by atoms with E-state index in [2.05, 4.69) is 120 Å². The Balaban J connectivity index is 0.000000372. The number of halogens is 1. The standard InChI is InChI=1S/C24H26N6OS.C14H19N3S.C9H6BrNO.3CH4/c1-16(2)29-10-12-30(13-11-29)20-8-6-19(7-9-20)27-24-28-23(26)22(32-24)21(31)18-5-3-4-17(14-18)15-25;1-12(2)16-7-9-17(10-8-16)14-5-3-13(4-6-14)15-11-18;10-5-9(12)8-3-1-2-7(4-8)6-11;;;/h3-9,14,16H,10-13,26H2,1-2H3,(H,27,28);3-6,12H,7-10H2,1-2H3;1-4H,5H2;3*1H4. The highest BCUT2D eigenvalue weighted by Crippen LogP contribution is 2.31. The number of ketones is 2. The van der Waals surface area contributed by atoms with E-state index < -0.39 is 0 Å². The number of anilines is 5. The smallest absolute Gasteiger partial charge is 0.206 e. The lowest BCUT2D eigenvalue weighted by atomic mass is 10.1. The maximum absolute atomic E-state index is 12.8. The van der Waals surface area contributed by atoms with Crippen LogP contribution in [-0.2, 0) is 0 Å². The number of thiocarbonyl (C=S) groups is 1. The lowest BCUT2D eigenvalue weighted by molar-refractivity contribution is 0.102. The Morgan fingerprint density at radius 2 is 1.22 bits per heavy atom. The molecular formula is C50H63BrN10O2S2. The van der Waals surface area contributed by atoms with Gasteiger partial charge in [0.05, 0.1) is 39.4 Å². The van der Waals surface area contributed by atoms with Gasteiger partial charge in [-0.25, -0.2) is 4.98 Å². The number of carbonyl (C=O) groups excluding carboxylic acids is 2. The number of aliphatic imine (C=N–C) groups is 1. The van der Waals surface area contributed by atoms with Crippen molar-refractivity contribution in [3.8, 4) is 12.1 Å². The lowest BCUT2D eigenvalue weighted by Crippen LogP contribution is -2.48. The summed E-state index contributed by atoms with van der Waals surface area (Å²) in [6, 6.07) is 34.9. The molecule has 12 nitrogen and oxygen atoms in total. The van der Waals surface area contributed by atoms with Crippen LogP contribution in [-0.4, -0.2) is 101 Å². The predicted molar refractivity (Wildman–Crippen MR) is 279 cm³/mol. The van der Waals surface area contributed by atoms with E-state index in [9.17, 15) is 9.59 Å². The Morgan fingerprint density at radius 3 is 1.66 bits per heavy atom. The first-order chi connectivity index (χ1) is 29.9. The van der Waals surface area contributed by atoms with Crippen LogP contribution in [0.15, 0.2) is 102 Å². The van der Waals surface area contributed by atoms with Gasteiger partial charge < -0.3 is 20.9 Å². The summed E-state index contributed by atoms with van der Waals surface area (Å²) < 4.78 is 0. The number of isothiocyanates is 1. The van der Waals surface area contributed by atoms with Gasteiger partial charge in [0.1, 0.15) is 10.7 Å². The van der Waals surface area contributed by atoms with Crippen molar-refractivity contribution < 1.29 is 9.59 Å². The van der Waals surface area contributed by atoms with Crippen LogP contribution in [0.4, 0.5) is 33.7 Å². The van der Waals surface area contributed by atoms with Gasteiger partial charge in [-0.2, -0.15) is 15.5 Å². The summed E-state index contributed by atoms with van der Waals surface area (Å²) in [5, 5.41) is 24.1. The third-order valence-corrected chi connectivity index (χ3v) is 12.1. The first-order valence-electron chi connectivity index (χ1n) is 20.4. The fourth-order valence-corrected chi connectivity index (χ4v) is 8.21. The number of nitriles is 2. The monoisotopic (exact) mass is 978 g/mol. The Hall–Kier alpha value is -5.77. The van der Waals surface area contributed by atoms with E-state index in [-0.39, 0.29) is 39.7 Å². The quantitative estimate of drug-likeness (QED) is 0.0559. The number of carbonyl (C=O) groups is 2. The van der Waals surface area contributed by atoms with Crippen LogP contribution in [0.2, 0.25) is 0 Å². The molecule has 0 saturated carbocycles. The average Bonchev–Trinajstić information content (AvgIpc) is 3.68. The number of nitrogens with two attached hydrogens (primary N) is 1. The molecule has 2 fully saturated rings. The molecule has 344 valence electrons.